The van der Waals surface area contributed by atoms with Crippen molar-refractivity contribution >= 4 is 15.8 Å². The summed E-state index contributed by atoms with van der Waals surface area (Å²) in [5.41, 5.74) is -0.259. The fourth-order valence-corrected chi connectivity index (χ4v) is 4.16. The predicted octanol–water partition coefficient (Wildman–Crippen LogP) is 3.35. The van der Waals surface area contributed by atoms with Crippen LogP contribution in [0.25, 0.3) is 0 Å². The molecule has 2 rings (SSSR count). The summed E-state index contributed by atoms with van der Waals surface area (Å²) in [7, 11) is -2.91. The minimum Gasteiger partial charge on any atom is -0.461 e. The topological polar surface area (TPSA) is 60.4 Å². The van der Waals surface area contributed by atoms with Crippen molar-refractivity contribution in [3.63, 3.8) is 0 Å². The Morgan fingerprint density at radius 1 is 1.12 bits per heavy atom. The van der Waals surface area contributed by atoms with Gasteiger partial charge in [-0.3, -0.25) is 4.79 Å². The third-order valence-electron chi connectivity index (χ3n) is 4.11. The maximum Gasteiger partial charge on any atom is 0.416 e. The zero-order valence-electron chi connectivity index (χ0n) is 13.0. The van der Waals surface area contributed by atoms with Crippen LogP contribution in [0, 0.1) is 5.92 Å². The highest BCUT2D eigenvalue weighted by molar-refractivity contribution is 7.91. The summed E-state index contributed by atoms with van der Waals surface area (Å²) in [6.45, 7) is -0.0734. The lowest BCUT2D eigenvalue weighted by atomic mass is 9.97. The molecule has 1 heterocycles. The zero-order chi connectivity index (χ0) is 17.8. The summed E-state index contributed by atoms with van der Waals surface area (Å²) in [4.78, 5) is 11.7. The van der Waals surface area contributed by atoms with E-state index in [0.29, 0.717) is 24.8 Å². The molecule has 0 aromatic heterocycles. The van der Waals surface area contributed by atoms with E-state index in [1.807, 2.05) is 0 Å². The van der Waals surface area contributed by atoms with Crippen molar-refractivity contribution in [2.75, 3.05) is 11.5 Å². The standard InChI is InChI=1S/C16H19F3O4S/c17-16(18,19)14-4-1-13(2-5-14)11-23-15(20)6-3-12-7-9-24(21,22)10-8-12/h1-2,4-5,12H,3,6-11H2. The highest BCUT2D eigenvalue weighted by Crippen LogP contribution is 2.29. The molecule has 0 unspecified atom stereocenters. The van der Waals surface area contributed by atoms with Crippen molar-refractivity contribution in [2.24, 2.45) is 5.92 Å². The molecule has 0 bridgehead atoms. The number of rotatable bonds is 5. The molecule has 0 atom stereocenters. The van der Waals surface area contributed by atoms with Crippen LogP contribution < -0.4 is 0 Å². The Hall–Kier alpha value is -1.57. The molecule has 4 nitrogen and oxygen atoms in total. The van der Waals surface area contributed by atoms with Gasteiger partial charge in [0, 0.05) is 6.42 Å². The van der Waals surface area contributed by atoms with Gasteiger partial charge in [0.2, 0.25) is 0 Å². The number of hydrogen-bond donors (Lipinski definition) is 0. The van der Waals surface area contributed by atoms with Crippen LogP contribution in [0.15, 0.2) is 24.3 Å². The average molecular weight is 364 g/mol. The van der Waals surface area contributed by atoms with Crippen molar-refractivity contribution in [1.82, 2.24) is 0 Å². The van der Waals surface area contributed by atoms with Crippen LogP contribution in [-0.4, -0.2) is 25.9 Å². The van der Waals surface area contributed by atoms with Crippen LogP contribution in [0.5, 0.6) is 0 Å². The lowest BCUT2D eigenvalue weighted by Gasteiger charge is -2.21. The summed E-state index contributed by atoms with van der Waals surface area (Å²) in [6, 6.07) is 4.46. The highest BCUT2D eigenvalue weighted by Gasteiger charge is 2.30. The van der Waals surface area contributed by atoms with E-state index in [0.717, 1.165) is 12.1 Å². The smallest absolute Gasteiger partial charge is 0.416 e. The highest BCUT2D eigenvalue weighted by atomic mass is 32.2. The third-order valence-corrected chi connectivity index (χ3v) is 5.83. The molecular weight excluding hydrogens is 345 g/mol. The van der Waals surface area contributed by atoms with Crippen molar-refractivity contribution < 1.29 is 31.1 Å². The van der Waals surface area contributed by atoms with E-state index in [1.54, 1.807) is 0 Å². The summed E-state index contributed by atoms with van der Waals surface area (Å²) in [5.74, 6) is 0.103. The van der Waals surface area contributed by atoms with Crippen molar-refractivity contribution in [1.29, 1.82) is 0 Å². The van der Waals surface area contributed by atoms with Gasteiger partial charge >= 0.3 is 12.1 Å². The van der Waals surface area contributed by atoms with E-state index in [-0.39, 0.29) is 30.5 Å². The molecule has 1 aromatic carbocycles. The van der Waals surface area contributed by atoms with Gasteiger partial charge in [0.05, 0.1) is 17.1 Å². The Kier molecular flexibility index (Phi) is 5.90. The molecule has 1 aliphatic rings. The first-order chi connectivity index (χ1) is 11.2. The molecule has 24 heavy (non-hydrogen) atoms. The second-order valence-corrected chi connectivity index (χ2v) is 8.29. The average Bonchev–Trinajstić information content (AvgIpc) is 2.51. The van der Waals surface area contributed by atoms with Gasteiger partial charge in [0.1, 0.15) is 16.4 Å². The molecule has 1 aromatic rings. The second-order valence-electron chi connectivity index (χ2n) is 5.99. The lowest BCUT2D eigenvalue weighted by molar-refractivity contribution is -0.145. The lowest BCUT2D eigenvalue weighted by Crippen LogP contribution is -2.23. The van der Waals surface area contributed by atoms with Crippen LogP contribution in [-0.2, 0) is 32.2 Å². The molecule has 0 N–H and O–H groups in total. The van der Waals surface area contributed by atoms with E-state index >= 15 is 0 Å². The summed E-state index contributed by atoms with van der Waals surface area (Å²) >= 11 is 0. The summed E-state index contributed by atoms with van der Waals surface area (Å²) in [6.07, 6.45) is -2.50. The van der Waals surface area contributed by atoms with Gasteiger partial charge < -0.3 is 4.74 Å². The number of carbonyl (C=O) groups is 1. The molecule has 0 spiro atoms. The quantitative estimate of drug-likeness (QED) is 0.752. The minimum absolute atomic E-state index is 0.0734. The number of ether oxygens (including phenoxy) is 1. The second kappa shape index (κ2) is 7.55. The molecule has 1 fully saturated rings. The fraction of sp³-hybridized carbons (Fsp3) is 0.562. The van der Waals surface area contributed by atoms with Crippen LogP contribution in [0.2, 0.25) is 0 Å². The molecule has 1 saturated heterocycles. The van der Waals surface area contributed by atoms with Gasteiger partial charge in [-0.15, -0.1) is 0 Å². The van der Waals surface area contributed by atoms with E-state index < -0.39 is 27.5 Å². The molecule has 0 amide bonds. The molecule has 0 radical (unpaired) electrons. The monoisotopic (exact) mass is 364 g/mol. The molecule has 134 valence electrons. The number of esters is 1. The number of alkyl halides is 3. The number of benzene rings is 1. The molecular formula is C16H19F3O4S. The van der Waals surface area contributed by atoms with Crippen LogP contribution >= 0.6 is 0 Å². The maximum atomic E-state index is 12.4. The van der Waals surface area contributed by atoms with Crippen molar-refractivity contribution in [2.45, 2.75) is 38.5 Å². The SMILES string of the molecule is O=C(CCC1CCS(=O)(=O)CC1)OCc1ccc(C(F)(F)F)cc1. The van der Waals surface area contributed by atoms with Crippen molar-refractivity contribution in [3.05, 3.63) is 35.4 Å². The molecule has 1 aliphatic heterocycles. The number of halogens is 3. The number of sulfone groups is 1. The van der Waals surface area contributed by atoms with E-state index in [1.165, 1.54) is 12.1 Å². The van der Waals surface area contributed by atoms with E-state index in [9.17, 15) is 26.4 Å². The van der Waals surface area contributed by atoms with Crippen LogP contribution in [0.4, 0.5) is 13.2 Å². The van der Waals surface area contributed by atoms with E-state index in [4.69, 9.17) is 4.74 Å². The molecule has 0 saturated carbocycles. The van der Waals surface area contributed by atoms with Gasteiger partial charge in [0.15, 0.2) is 0 Å². The normalized spacial score (nSPS) is 18.3. The fourth-order valence-electron chi connectivity index (χ4n) is 2.58. The Morgan fingerprint density at radius 2 is 1.71 bits per heavy atom. The van der Waals surface area contributed by atoms with Crippen LogP contribution in [0.3, 0.4) is 0 Å². The van der Waals surface area contributed by atoms with Gasteiger partial charge in [-0.2, -0.15) is 13.2 Å². The Bertz CT molecular complexity index is 652. The Morgan fingerprint density at radius 3 is 2.25 bits per heavy atom. The largest absolute Gasteiger partial charge is 0.461 e. The summed E-state index contributed by atoms with van der Waals surface area (Å²) < 4.78 is 65.0. The van der Waals surface area contributed by atoms with Gasteiger partial charge in [0.25, 0.3) is 0 Å². The first-order valence-electron chi connectivity index (χ1n) is 7.68. The van der Waals surface area contributed by atoms with Gasteiger partial charge in [-0.05, 0) is 42.9 Å². The van der Waals surface area contributed by atoms with Crippen molar-refractivity contribution in [3.8, 4) is 0 Å². The molecule has 0 aliphatic carbocycles. The zero-order valence-corrected chi connectivity index (χ0v) is 13.8. The predicted molar refractivity (Wildman–Crippen MR) is 81.9 cm³/mol. The van der Waals surface area contributed by atoms with Gasteiger partial charge in [-0.25, -0.2) is 8.42 Å². The van der Waals surface area contributed by atoms with E-state index in [2.05, 4.69) is 0 Å². The third kappa shape index (κ3) is 5.81. The Labute approximate surface area is 138 Å². The number of hydrogen-bond acceptors (Lipinski definition) is 4. The van der Waals surface area contributed by atoms with Crippen LogP contribution in [0.1, 0.15) is 36.8 Å². The first-order valence-corrected chi connectivity index (χ1v) is 9.50. The molecule has 8 heteroatoms. The Balaban J connectivity index is 1.72. The number of carbonyl (C=O) groups excluding carboxylic acids is 1. The maximum absolute atomic E-state index is 12.4. The first kappa shape index (κ1) is 18.8. The van der Waals surface area contributed by atoms with Gasteiger partial charge in [-0.1, -0.05) is 12.1 Å². The minimum atomic E-state index is -4.39. The summed E-state index contributed by atoms with van der Waals surface area (Å²) in [5, 5.41) is 0.